The minimum absolute atomic E-state index is 0.000000748. The van der Waals surface area contributed by atoms with Crippen molar-refractivity contribution in [3.63, 3.8) is 0 Å². The zero-order valence-corrected chi connectivity index (χ0v) is 20.8. The minimum Gasteiger partial charge on any atom is -0.491 e. The number of carbonyl (C=O) groups excluding carboxylic acids is 2. The lowest BCUT2D eigenvalue weighted by Gasteiger charge is -2.29. The lowest BCUT2D eigenvalue weighted by Crippen LogP contribution is -2.39. The van der Waals surface area contributed by atoms with E-state index >= 15 is 0 Å². The molecule has 0 fully saturated rings. The van der Waals surface area contributed by atoms with E-state index in [2.05, 4.69) is 53.7 Å². The van der Waals surface area contributed by atoms with Gasteiger partial charge in [-0.2, -0.15) is 0 Å². The van der Waals surface area contributed by atoms with Gasteiger partial charge in [0.25, 0.3) is 11.8 Å². The lowest BCUT2D eigenvalue weighted by molar-refractivity contribution is 0.0454. The number of rotatable bonds is 10. The summed E-state index contributed by atoms with van der Waals surface area (Å²) in [7, 11) is 0. The third-order valence-corrected chi connectivity index (χ3v) is 7.00. The molecule has 1 unspecified atom stereocenters. The van der Waals surface area contributed by atoms with Gasteiger partial charge in [0.05, 0.1) is 17.7 Å². The van der Waals surface area contributed by atoms with E-state index in [1.165, 1.54) is 5.56 Å². The second-order valence-corrected chi connectivity index (χ2v) is 10.5. The van der Waals surface area contributed by atoms with E-state index in [1.54, 1.807) is 24.3 Å². The van der Waals surface area contributed by atoms with Gasteiger partial charge in [0.15, 0.2) is 0 Å². The van der Waals surface area contributed by atoms with Crippen LogP contribution in [0.25, 0.3) is 0 Å². The van der Waals surface area contributed by atoms with Gasteiger partial charge in [-0.3, -0.25) is 14.5 Å². The van der Waals surface area contributed by atoms with Gasteiger partial charge in [0, 0.05) is 5.56 Å². The van der Waals surface area contributed by atoms with E-state index in [9.17, 15) is 14.7 Å². The maximum atomic E-state index is 12.6. The standard InChI is InChI=1S/C28H37NO4/c1-7-27(3,4)16-19-13-14-24(23(15-19)28(5,6)8-2)33-18-20(30)17-29-25(31)21-11-9-10-12-22(21)26(29)32/h9-15,20,30H,7-8,16-18H2,1-6H3. The first-order valence-electron chi connectivity index (χ1n) is 11.9. The summed E-state index contributed by atoms with van der Waals surface area (Å²) in [6, 6.07) is 13.1. The van der Waals surface area contributed by atoms with Gasteiger partial charge < -0.3 is 9.84 Å². The molecule has 2 aromatic rings. The van der Waals surface area contributed by atoms with Gasteiger partial charge in [0.2, 0.25) is 0 Å². The van der Waals surface area contributed by atoms with Crippen molar-refractivity contribution in [3.8, 4) is 5.75 Å². The van der Waals surface area contributed by atoms with Crippen molar-refractivity contribution >= 4 is 11.8 Å². The zero-order chi connectivity index (χ0) is 24.4. The lowest BCUT2D eigenvalue weighted by atomic mass is 9.78. The number of benzene rings is 2. The number of hydrogen-bond donors (Lipinski definition) is 1. The zero-order valence-electron chi connectivity index (χ0n) is 20.8. The van der Waals surface area contributed by atoms with Gasteiger partial charge in [-0.25, -0.2) is 0 Å². The fourth-order valence-corrected chi connectivity index (χ4v) is 4.06. The highest BCUT2D eigenvalue weighted by Gasteiger charge is 2.36. The largest absolute Gasteiger partial charge is 0.491 e. The number of aliphatic hydroxyl groups excluding tert-OH is 1. The third-order valence-electron chi connectivity index (χ3n) is 7.00. The van der Waals surface area contributed by atoms with Crippen LogP contribution in [0.4, 0.5) is 0 Å². The molecule has 1 heterocycles. The van der Waals surface area contributed by atoms with Crippen molar-refractivity contribution in [2.45, 2.75) is 72.3 Å². The van der Waals surface area contributed by atoms with E-state index < -0.39 is 6.10 Å². The number of carbonyl (C=O) groups is 2. The molecule has 1 aliphatic heterocycles. The Morgan fingerprint density at radius 3 is 2.09 bits per heavy atom. The molecule has 1 N–H and O–H groups in total. The Labute approximate surface area is 197 Å². The van der Waals surface area contributed by atoms with E-state index in [-0.39, 0.29) is 35.8 Å². The normalized spacial score (nSPS) is 15.1. The molecule has 1 aliphatic rings. The number of nitrogens with zero attached hydrogens (tertiary/aromatic N) is 1. The summed E-state index contributed by atoms with van der Waals surface area (Å²) in [4.78, 5) is 26.2. The molecule has 5 heteroatoms. The predicted molar refractivity (Wildman–Crippen MR) is 131 cm³/mol. The van der Waals surface area contributed by atoms with Crippen molar-refractivity contribution in [2.24, 2.45) is 5.41 Å². The summed E-state index contributed by atoms with van der Waals surface area (Å²) in [5.74, 6) is -0.00277. The molecular formula is C28H37NO4. The van der Waals surface area contributed by atoms with Gasteiger partial charge in [0.1, 0.15) is 18.5 Å². The summed E-state index contributed by atoms with van der Waals surface area (Å²) < 4.78 is 6.06. The van der Waals surface area contributed by atoms with Gasteiger partial charge in [-0.05, 0) is 47.4 Å². The van der Waals surface area contributed by atoms with E-state index in [0.717, 1.165) is 35.5 Å². The second-order valence-electron chi connectivity index (χ2n) is 10.5. The van der Waals surface area contributed by atoms with Crippen LogP contribution in [0.2, 0.25) is 0 Å². The number of hydrogen-bond acceptors (Lipinski definition) is 4. The Kier molecular flexibility index (Phi) is 7.32. The average Bonchev–Trinajstić information content (AvgIpc) is 3.03. The highest BCUT2D eigenvalue weighted by Crippen LogP contribution is 2.37. The Hall–Kier alpha value is -2.66. The van der Waals surface area contributed by atoms with Gasteiger partial charge in [-0.1, -0.05) is 72.2 Å². The van der Waals surface area contributed by atoms with Crippen LogP contribution in [0.15, 0.2) is 42.5 Å². The number of imide groups is 1. The molecule has 0 aliphatic carbocycles. The molecular weight excluding hydrogens is 414 g/mol. The van der Waals surface area contributed by atoms with Crippen LogP contribution in [0.1, 0.15) is 86.2 Å². The molecule has 0 radical (unpaired) electrons. The van der Waals surface area contributed by atoms with Crippen LogP contribution >= 0.6 is 0 Å². The predicted octanol–water partition coefficient (Wildman–Crippen LogP) is 5.39. The summed E-state index contributed by atoms with van der Waals surface area (Å²) in [5, 5.41) is 10.6. The highest BCUT2D eigenvalue weighted by molar-refractivity contribution is 6.21. The smallest absolute Gasteiger partial charge is 0.261 e. The van der Waals surface area contributed by atoms with Crippen LogP contribution < -0.4 is 4.74 Å². The first-order valence-corrected chi connectivity index (χ1v) is 11.9. The van der Waals surface area contributed by atoms with Crippen molar-refractivity contribution in [3.05, 3.63) is 64.7 Å². The molecule has 0 saturated carbocycles. The maximum Gasteiger partial charge on any atom is 0.261 e. The van der Waals surface area contributed by atoms with Gasteiger partial charge >= 0.3 is 0 Å². The molecule has 0 aromatic heterocycles. The maximum absolute atomic E-state index is 12.6. The monoisotopic (exact) mass is 451 g/mol. The van der Waals surface area contributed by atoms with Gasteiger partial charge in [-0.15, -0.1) is 0 Å². The molecule has 2 aromatic carbocycles. The second kappa shape index (κ2) is 9.68. The summed E-state index contributed by atoms with van der Waals surface area (Å²) in [5.41, 5.74) is 3.29. The van der Waals surface area contributed by atoms with Crippen molar-refractivity contribution in [2.75, 3.05) is 13.2 Å². The number of ether oxygens (including phenoxy) is 1. The Bertz CT molecular complexity index is 989. The minimum atomic E-state index is -0.983. The topological polar surface area (TPSA) is 66.8 Å². The van der Waals surface area contributed by atoms with Crippen LogP contribution in [-0.4, -0.2) is 41.1 Å². The SMILES string of the molecule is CCC(C)(C)Cc1ccc(OCC(O)CN2C(=O)c3ccccc3C2=O)c(C(C)(C)CC)c1. The van der Waals surface area contributed by atoms with Crippen molar-refractivity contribution in [1.29, 1.82) is 0 Å². The summed E-state index contributed by atoms with van der Waals surface area (Å²) >= 11 is 0. The van der Waals surface area contributed by atoms with E-state index in [1.807, 2.05) is 6.07 Å². The van der Waals surface area contributed by atoms with Crippen LogP contribution in [-0.2, 0) is 11.8 Å². The third kappa shape index (κ3) is 5.47. The van der Waals surface area contributed by atoms with Crippen LogP contribution in [0.3, 0.4) is 0 Å². The molecule has 0 saturated heterocycles. The number of β-amino-alcohol motifs (C(OH)–C–C–N with tert-alkyl or cyclic N) is 1. The fourth-order valence-electron chi connectivity index (χ4n) is 4.06. The highest BCUT2D eigenvalue weighted by atomic mass is 16.5. The Morgan fingerprint density at radius 2 is 1.55 bits per heavy atom. The Balaban J connectivity index is 1.72. The molecule has 2 amide bonds. The molecule has 5 nitrogen and oxygen atoms in total. The Morgan fingerprint density at radius 1 is 0.939 bits per heavy atom. The summed E-state index contributed by atoms with van der Waals surface area (Å²) in [6.45, 7) is 13.2. The molecule has 33 heavy (non-hydrogen) atoms. The molecule has 1 atom stereocenters. The average molecular weight is 452 g/mol. The molecule has 178 valence electrons. The van der Waals surface area contributed by atoms with Crippen molar-refractivity contribution in [1.82, 2.24) is 4.90 Å². The van der Waals surface area contributed by atoms with Crippen LogP contribution in [0, 0.1) is 5.41 Å². The summed E-state index contributed by atoms with van der Waals surface area (Å²) in [6.07, 6.45) is 2.05. The quantitative estimate of drug-likeness (QED) is 0.492. The van der Waals surface area contributed by atoms with E-state index in [4.69, 9.17) is 4.74 Å². The van der Waals surface area contributed by atoms with Crippen molar-refractivity contribution < 1.29 is 19.4 Å². The first-order chi connectivity index (χ1) is 15.5. The first kappa shape index (κ1) is 25.0. The number of amides is 2. The van der Waals surface area contributed by atoms with E-state index in [0.29, 0.717) is 11.1 Å². The number of fused-ring (bicyclic) bond motifs is 1. The molecule has 3 rings (SSSR count). The fraction of sp³-hybridized carbons (Fsp3) is 0.500. The number of aliphatic hydroxyl groups is 1. The molecule has 0 bridgehead atoms. The van der Waals surface area contributed by atoms with Crippen LogP contribution in [0.5, 0.6) is 5.75 Å². The molecule has 0 spiro atoms.